The minimum absolute atomic E-state index is 0.0206. The van der Waals surface area contributed by atoms with Crippen LogP contribution in [0.25, 0.3) is 0 Å². The third-order valence-electron chi connectivity index (χ3n) is 3.81. The largest absolute Gasteiger partial charge is 0.444 e. The molecule has 2 rings (SSSR count). The average Bonchev–Trinajstić information content (AvgIpc) is 2.53. The van der Waals surface area contributed by atoms with Gasteiger partial charge in [-0.1, -0.05) is 12.1 Å². The number of carbonyl (C=O) groups is 1. The van der Waals surface area contributed by atoms with Crippen molar-refractivity contribution in [3.8, 4) is 0 Å². The van der Waals surface area contributed by atoms with Crippen molar-refractivity contribution in [3.63, 3.8) is 0 Å². The molecular formula is C18H28N2O4. The Kier molecular flexibility index (Phi) is 6.07. The highest BCUT2D eigenvalue weighted by Crippen LogP contribution is 2.23. The molecule has 6 nitrogen and oxygen atoms in total. The molecule has 0 bridgehead atoms. The number of benzene rings is 1. The van der Waals surface area contributed by atoms with E-state index in [1.54, 1.807) is 0 Å². The van der Waals surface area contributed by atoms with Crippen molar-refractivity contribution in [3.05, 3.63) is 29.8 Å². The lowest BCUT2D eigenvalue weighted by molar-refractivity contribution is 0.00356. The standard InChI is InChI=1S/C18H28N2O4/c1-13(19-17(22)24-18(2,3)4)14-6-5-7-15(10-14)20-8-9-23-16(11-20)12-21/h5-7,10,13,16,21H,8-9,11-12H2,1-4H3,(H,19,22)/t13-,16?/m0/s1. The molecule has 1 aromatic carbocycles. The maximum absolute atomic E-state index is 11.9. The maximum Gasteiger partial charge on any atom is 0.408 e. The Hall–Kier alpha value is -1.79. The van der Waals surface area contributed by atoms with E-state index < -0.39 is 11.7 Å². The zero-order valence-electron chi connectivity index (χ0n) is 14.9. The SMILES string of the molecule is C[C@H](NC(=O)OC(C)(C)C)c1cccc(N2CCOC(CO)C2)c1. The van der Waals surface area contributed by atoms with Gasteiger partial charge >= 0.3 is 6.09 Å². The number of hydrogen-bond acceptors (Lipinski definition) is 5. The molecule has 0 aromatic heterocycles. The Labute approximate surface area is 143 Å². The lowest BCUT2D eigenvalue weighted by Gasteiger charge is -2.34. The first-order valence-electron chi connectivity index (χ1n) is 8.35. The molecule has 1 saturated heterocycles. The number of rotatable bonds is 4. The van der Waals surface area contributed by atoms with Crippen LogP contribution < -0.4 is 10.2 Å². The lowest BCUT2D eigenvalue weighted by atomic mass is 10.1. The van der Waals surface area contributed by atoms with E-state index in [4.69, 9.17) is 9.47 Å². The van der Waals surface area contributed by atoms with Crippen molar-refractivity contribution in [1.82, 2.24) is 5.32 Å². The molecule has 0 saturated carbocycles. The number of carbonyl (C=O) groups excluding carboxylic acids is 1. The Morgan fingerprint density at radius 2 is 2.25 bits per heavy atom. The number of aliphatic hydroxyl groups is 1. The summed E-state index contributed by atoms with van der Waals surface area (Å²) in [6.45, 7) is 9.52. The molecule has 2 atom stereocenters. The molecule has 0 spiro atoms. The molecule has 1 heterocycles. The smallest absolute Gasteiger partial charge is 0.408 e. The van der Waals surface area contributed by atoms with Crippen molar-refractivity contribution in [2.24, 2.45) is 0 Å². The summed E-state index contributed by atoms with van der Waals surface area (Å²) in [4.78, 5) is 14.1. The Bertz CT molecular complexity index is 556. The van der Waals surface area contributed by atoms with Crippen LogP contribution in [0.3, 0.4) is 0 Å². The van der Waals surface area contributed by atoms with Gasteiger partial charge in [-0.3, -0.25) is 0 Å². The summed E-state index contributed by atoms with van der Waals surface area (Å²) in [6.07, 6.45) is -0.577. The number of ether oxygens (including phenoxy) is 2. The molecule has 134 valence electrons. The minimum Gasteiger partial charge on any atom is -0.444 e. The fourth-order valence-electron chi connectivity index (χ4n) is 2.62. The molecule has 1 amide bonds. The van der Waals surface area contributed by atoms with Crippen molar-refractivity contribution < 1.29 is 19.4 Å². The summed E-state index contributed by atoms with van der Waals surface area (Å²) in [5.41, 5.74) is 1.55. The second kappa shape index (κ2) is 7.85. The van der Waals surface area contributed by atoms with Crippen LogP contribution in [-0.4, -0.2) is 49.2 Å². The van der Waals surface area contributed by atoms with Gasteiger partial charge in [0.1, 0.15) is 5.60 Å². The summed E-state index contributed by atoms with van der Waals surface area (Å²) in [6, 6.07) is 7.89. The average molecular weight is 336 g/mol. The number of aliphatic hydroxyl groups excluding tert-OH is 1. The van der Waals surface area contributed by atoms with Crippen LogP contribution >= 0.6 is 0 Å². The summed E-state index contributed by atoms with van der Waals surface area (Å²) < 4.78 is 10.8. The van der Waals surface area contributed by atoms with Crippen LogP contribution in [0, 0.1) is 0 Å². The normalized spacial score (nSPS) is 19.7. The molecule has 1 aliphatic rings. The lowest BCUT2D eigenvalue weighted by Crippen LogP contribution is -2.44. The van der Waals surface area contributed by atoms with Crippen molar-refractivity contribution in [1.29, 1.82) is 0 Å². The van der Waals surface area contributed by atoms with Crippen LogP contribution in [0.5, 0.6) is 0 Å². The van der Waals surface area contributed by atoms with Crippen molar-refractivity contribution in [2.45, 2.75) is 45.4 Å². The highest BCUT2D eigenvalue weighted by Gasteiger charge is 2.21. The Balaban J connectivity index is 2.02. The first-order valence-corrected chi connectivity index (χ1v) is 8.35. The first-order chi connectivity index (χ1) is 11.3. The van der Waals surface area contributed by atoms with Crippen molar-refractivity contribution >= 4 is 11.8 Å². The molecule has 1 unspecified atom stereocenters. The van der Waals surface area contributed by atoms with Gasteiger partial charge in [0.05, 0.1) is 25.4 Å². The van der Waals surface area contributed by atoms with Gasteiger partial charge in [0.25, 0.3) is 0 Å². The molecular weight excluding hydrogens is 308 g/mol. The van der Waals surface area contributed by atoms with E-state index in [1.165, 1.54) is 0 Å². The fourth-order valence-corrected chi connectivity index (χ4v) is 2.62. The van der Waals surface area contributed by atoms with Gasteiger partial charge in [0.2, 0.25) is 0 Å². The van der Waals surface area contributed by atoms with Gasteiger partial charge in [-0.15, -0.1) is 0 Å². The zero-order valence-corrected chi connectivity index (χ0v) is 14.9. The zero-order chi connectivity index (χ0) is 17.7. The number of anilines is 1. The van der Waals surface area contributed by atoms with Crippen LogP contribution in [0.15, 0.2) is 24.3 Å². The number of nitrogens with zero attached hydrogens (tertiary/aromatic N) is 1. The molecule has 2 N–H and O–H groups in total. The Morgan fingerprint density at radius 1 is 1.50 bits per heavy atom. The molecule has 0 aliphatic carbocycles. The molecule has 1 aliphatic heterocycles. The summed E-state index contributed by atoms with van der Waals surface area (Å²) in [5.74, 6) is 0. The van der Waals surface area contributed by atoms with E-state index in [1.807, 2.05) is 45.9 Å². The van der Waals surface area contributed by atoms with Gasteiger partial charge in [0, 0.05) is 18.8 Å². The molecule has 0 radical (unpaired) electrons. The van der Waals surface area contributed by atoms with Gasteiger partial charge in [-0.25, -0.2) is 4.79 Å². The van der Waals surface area contributed by atoms with Crippen LogP contribution in [0.4, 0.5) is 10.5 Å². The number of amides is 1. The fraction of sp³-hybridized carbons (Fsp3) is 0.611. The third kappa shape index (κ3) is 5.39. The third-order valence-corrected chi connectivity index (χ3v) is 3.81. The first kappa shape index (κ1) is 18.5. The minimum atomic E-state index is -0.515. The van der Waals surface area contributed by atoms with E-state index in [2.05, 4.69) is 16.3 Å². The number of alkyl carbamates (subject to hydrolysis) is 1. The number of hydrogen-bond donors (Lipinski definition) is 2. The summed E-state index contributed by atoms with van der Waals surface area (Å²) in [7, 11) is 0. The quantitative estimate of drug-likeness (QED) is 0.884. The van der Waals surface area contributed by atoms with Gasteiger partial charge in [0.15, 0.2) is 0 Å². The van der Waals surface area contributed by atoms with E-state index in [9.17, 15) is 9.90 Å². The molecule has 1 aromatic rings. The predicted molar refractivity (Wildman–Crippen MR) is 93.3 cm³/mol. The topological polar surface area (TPSA) is 71.0 Å². The predicted octanol–water partition coefficient (Wildman–Crippen LogP) is 2.47. The summed E-state index contributed by atoms with van der Waals surface area (Å²) >= 11 is 0. The second-order valence-corrected chi connectivity index (χ2v) is 7.08. The van der Waals surface area contributed by atoms with Crippen LogP contribution in [0.2, 0.25) is 0 Å². The Morgan fingerprint density at radius 3 is 2.92 bits per heavy atom. The van der Waals surface area contributed by atoms with E-state index in [0.29, 0.717) is 13.2 Å². The van der Waals surface area contributed by atoms with Crippen LogP contribution in [-0.2, 0) is 9.47 Å². The highest BCUT2D eigenvalue weighted by atomic mass is 16.6. The van der Waals surface area contributed by atoms with E-state index in [-0.39, 0.29) is 18.8 Å². The van der Waals surface area contributed by atoms with E-state index >= 15 is 0 Å². The van der Waals surface area contributed by atoms with E-state index in [0.717, 1.165) is 17.8 Å². The monoisotopic (exact) mass is 336 g/mol. The maximum atomic E-state index is 11.9. The van der Waals surface area contributed by atoms with Gasteiger partial charge in [-0.2, -0.15) is 0 Å². The molecule has 1 fully saturated rings. The van der Waals surface area contributed by atoms with Crippen molar-refractivity contribution in [2.75, 3.05) is 31.2 Å². The highest BCUT2D eigenvalue weighted by molar-refractivity contribution is 5.68. The van der Waals surface area contributed by atoms with Gasteiger partial charge in [-0.05, 0) is 45.4 Å². The number of morpholine rings is 1. The molecule has 24 heavy (non-hydrogen) atoms. The summed E-state index contributed by atoms with van der Waals surface area (Å²) in [5, 5.41) is 12.1. The number of nitrogens with one attached hydrogen (secondary N) is 1. The van der Waals surface area contributed by atoms with Gasteiger partial charge < -0.3 is 24.8 Å². The second-order valence-electron chi connectivity index (χ2n) is 7.08. The van der Waals surface area contributed by atoms with Crippen LogP contribution in [0.1, 0.15) is 39.3 Å². The molecule has 6 heteroatoms.